The molecule has 0 aromatic heterocycles. The lowest BCUT2D eigenvalue weighted by atomic mass is 10.1. The van der Waals surface area contributed by atoms with Gasteiger partial charge in [-0.25, -0.2) is 4.79 Å². The Morgan fingerprint density at radius 2 is 1.31 bits per heavy atom. The number of esters is 1. The van der Waals surface area contributed by atoms with Crippen molar-refractivity contribution in [1.29, 1.82) is 0 Å². The summed E-state index contributed by atoms with van der Waals surface area (Å²) in [5.74, 6) is -0.211. The molecular formula is C32H54O4. The van der Waals surface area contributed by atoms with E-state index in [4.69, 9.17) is 9.47 Å². The monoisotopic (exact) mass is 502 g/mol. The van der Waals surface area contributed by atoms with Crippen molar-refractivity contribution in [2.24, 2.45) is 0 Å². The average Bonchev–Trinajstić information content (AvgIpc) is 2.87. The van der Waals surface area contributed by atoms with Crippen LogP contribution in [0.4, 0.5) is 0 Å². The molecule has 0 bridgehead atoms. The van der Waals surface area contributed by atoms with E-state index in [2.05, 4.69) is 20.1 Å². The number of carbonyl (C=O) groups is 1. The molecule has 36 heavy (non-hydrogen) atoms. The van der Waals surface area contributed by atoms with Crippen molar-refractivity contribution in [3.63, 3.8) is 0 Å². The third-order valence-electron chi connectivity index (χ3n) is 5.53. The Labute approximate surface area is 222 Å². The molecule has 0 aliphatic carbocycles. The van der Waals surface area contributed by atoms with Gasteiger partial charge in [0.2, 0.25) is 0 Å². The predicted octanol–water partition coefficient (Wildman–Crippen LogP) is 9.44. The zero-order valence-electron chi connectivity index (χ0n) is 22.2. The summed E-state index contributed by atoms with van der Waals surface area (Å²) >= 11 is 0. The van der Waals surface area contributed by atoms with Gasteiger partial charge in [-0.05, 0) is 57.6 Å². The molecule has 0 spiro atoms. The van der Waals surface area contributed by atoms with Gasteiger partial charge < -0.3 is 14.6 Å². The summed E-state index contributed by atoms with van der Waals surface area (Å²) in [6, 6.07) is 6.87. The van der Waals surface area contributed by atoms with Gasteiger partial charge in [0.25, 0.3) is 0 Å². The molecular weight excluding hydrogens is 448 g/mol. The number of hydrogen-bond acceptors (Lipinski definition) is 4. The number of allylic oxidation sites excluding steroid dienone is 2. The molecule has 1 rings (SSSR count). The SMILES string of the molecule is C.C=CCCCCCCCCOC(=O)/C=C/c1ccccc1O.C=CCCCCCCCCOCC. The summed E-state index contributed by atoms with van der Waals surface area (Å²) in [5, 5.41) is 9.57. The van der Waals surface area contributed by atoms with Gasteiger partial charge in [0, 0.05) is 24.9 Å². The van der Waals surface area contributed by atoms with Gasteiger partial charge in [0.1, 0.15) is 5.75 Å². The minimum Gasteiger partial charge on any atom is -0.507 e. The van der Waals surface area contributed by atoms with Crippen molar-refractivity contribution in [1.82, 2.24) is 0 Å². The van der Waals surface area contributed by atoms with Crippen molar-refractivity contribution >= 4 is 12.0 Å². The number of carbonyl (C=O) groups excluding carboxylic acids is 1. The topological polar surface area (TPSA) is 55.8 Å². The highest BCUT2D eigenvalue weighted by molar-refractivity contribution is 5.87. The first-order chi connectivity index (χ1) is 17.2. The van der Waals surface area contributed by atoms with Gasteiger partial charge in [-0.15, -0.1) is 13.2 Å². The summed E-state index contributed by atoms with van der Waals surface area (Å²) in [4.78, 5) is 11.5. The smallest absolute Gasteiger partial charge is 0.330 e. The molecule has 0 aliphatic heterocycles. The Morgan fingerprint density at radius 1 is 0.806 bits per heavy atom. The molecule has 0 saturated carbocycles. The lowest BCUT2D eigenvalue weighted by Crippen LogP contribution is -2.02. The molecule has 1 aromatic rings. The number of benzene rings is 1. The second kappa shape index (κ2) is 28.9. The normalized spacial score (nSPS) is 10.2. The molecule has 4 heteroatoms. The number of para-hydroxylation sites is 1. The molecule has 0 aliphatic rings. The van der Waals surface area contributed by atoms with E-state index in [-0.39, 0.29) is 19.1 Å². The Bertz CT molecular complexity index is 666. The number of phenolic OH excluding ortho intramolecular Hbond substituents is 1. The van der Waals surface area contributed by atoms with E-state index >= 15 is 0 Å². The first kappa shape index (κ1) is 35.8. The van der Waals surface area contributed by atoms with Gasteiger partial charge in [-0.3, -0.25) is 0 Å². The van der Waals surface area contributed by atoms with Crippen LogP contribution in [-0.4, -0.2) is 30.9 Å². The highest BCUT2D eigenvalue weighted by Gasteiger charge is 1.99. The first-order valence-electron chi connectivity index (χ1n) is 13.6. The number of phenols is 1. The fraction of sp³-hybridized carbons (Fsp3) is 0.594. The van der Waals surface area contributed by atoms with E-state index in [1.165, 1.54) is 76.7 Å². The summed E-state index contributed by atoms with van der Waals surface area (Å²) in [6.07, 6.45) is 24.0. The summed E-state index contributed by atoms with van der Waals surface area (Å²) in [5.41, 5.74) is 0.610. The van der Waals surface area contributed by atoms with Crippen LogP contribution in [-0.2, 0) is 14.3 Å². The maximum atomic E-state index is 11.5. The lowest BCUT2D eigenvalue weighted by molar-refractivity contribution is -0.137. The second-order valence-corrected chi connectivity index (χ2v) is 8.65. The Balaban J connectivity index is 0. The Kier molecular flexibility index (Phi) is 28.8. The maximum absolute atomic E-state index is 11.5. The van der Waals surface area contributed by atoms with E-state index in [0.29, 0.717) is 12.2 Å². The van der Waals surface area contributed by atoms with Crippen molar-refractivity contribution in [3.8, 4) is 5.75 Å². The average molecular weight is 503 g/mol. The molecule has 0 saturated heterocycles. The molecule has 4 nitrogen and oxygen atoms in total. The number of hydrogen-bond donors (Lipinski definition) is 1. The molecule has 206 valence electrons. The summed E-state index contributed by atoms with van der Waals surface area (Å²) in [7, 11) is 0. The van der Waals surface area contributed by atoms with E-state index in [0.717, 1.165) is 32.5 Å². The zero-order chi connectivity index (χ0) is 25.8. The highest BCUT2D eigenvalue weighted by Crippen LogP contribution is 2.17. The van der Waals surface area contributed by atoms with Gasteiger partial charge in [-0.2, -0.15) is 0 Å². The standard InChI is InChI=1S/C19H26O3.C12H24O.CH4/c1-2-3-4-5-6-7-8-11-16-22-19(21)15-14-17-12-9-10-13-18(17)20;1-3-5-6-7-8-9-10-11-12-13-4-2;/h2,9-10,12-15,20H,1,3-8,11,16H2;3H,1,4-12H2,2H3;1H4/b15-14+;;. The van der Waals surface area contributed by atoms with Crippen LogP contribution in [0.15, 0.2) is 55.7 Å². The zero-order valence-corrected chi connectivity index (χ0v) is 22.2. The van der Waals surface area contributed by atoms with Crippen LogP contribution < -0.4 is 0 Å². The molecule has 1 aromatic carbocycles. The minimum atomic E-state index is -0.366. The summed E-state index contributed by atoms with van der Waals surface area (Å²) < 4.78 is 10.4. The minimum absolute atomic E-state index is 0. The molecule has 0 amide bonds. The van der Waals surface area contributed by atoms with Gasteiger partial charge in [0.05, 0.1) is 6.61 Å². The second-order valence-electron chi connectivity index (χ2n) is 8.65. The van der Waals surface area contributed by atoms with E-state index in [1.54, 1.807) is 30.3 Å². The van der Waals surface area contributed by atoms with Crippen LogP contribution in [0.2, 0.25) is 0 Å². The van der Waals surface area contributed by atoms with Crippen molar-refractivity contribution in [3.05, 3.63) is 61.2 Å². The molecule has 0 unspecified atom stereocenters. The quantitative estimate of drug-likeness (QED) is 0.0787. The number of unbranched alkanes of at least 4 members (excludes halogenated alkanes) is 12. The Hall–Kier alpha value is -2.33. The Morgan fingerprint density at radius 3 is 1.83 bits per heavy atom. The third-order valence-corrected chi connectivity index (χ3v) is 5.53. The third kappa shape index (κ3) is 24.8. The lowest BCUT2D eigenvalue weighted by Gasteiger charge is -2.03. The predicted molar refractivity (Wildman–Crippen MR) is 156 cm³/mol. The van der Waals surface area contributed by atoms with Crippen LogP contribution in [0.1, 0.15) is 110 Å². The van der Waals surface area contributed by atoms with Crippen molar-refractivity contribution in [2.75, 3.05) is 19.8 Å². The fourth-order valence-electron chi connectivity index (χ4n) is 3.45. The molecule has 0 fully saturated rings. The largest absolute Gasteiger partial charge is 0.507 e. The molecule has 0 heterocycles. The molecule has 0 atom stereocenters. The van der Waals surface area contributed by atoms with Crippen LogP contribution in [0.3, 0.4) is 0 Å². The van der Waals surface area contributed by atoms with Gasteiger partial charge in [-0.1, -0.05) is 89.1 Å². The number of aromatic hydroxyl groups is 1. The maximum Gasteiger partial charge on any atom is 0.330 e. The van der Waals surface area contributed by atoms with Gasteiger partial charge >= 0.3 is 5.97 Å². The van der Waals surface area contributed by atoms with Crippen LogP contribution in [0.25, 0.3) is 6.08 Å². The van der Waals surface area contributed by atoms with E-state index < -0.39 is 0 Å². The number of ether oxygens (including phenoxy) is 2. The highest BCUT2D eigenvalue weighted by atomic mass is 16.5. The first-order valence-corrected chi connectivity index (χ1v) is 13.6. The van der Waals surface area contributed by atoms with Crippen LogP contribution in [0, 0.1) is 0 Å². The van der Waals surface area contributed by atoms with Crippen LogP contribution in [0.5, 0.6) is 5.75 Å². The van der Waals surface area contributed by atoms with Crippen molar-refractivity contribution < 1.29 is 19.4 Å². The fourth-order valence-corrected chi connectivity index (χ4v) is 3.45. The van der Waals surface area contributed by atoms with Gasteiger partial charge in [0.15, 0.2) is 0 Å². The summed E-state index contributed by atoms with van der Waals surface area (Å²) in [6.45, 7) is 11.7. The molecule has 1 N–H and O–H groups in total. The van der Waals surface area contributed by atoms with Crippen molar-refractivity contribution in [2.45, 2.75) is 104 Å². The van der Waals surface area contributed by atoms with Crippen LogP contribution >= 0.6 is 0 Å². The number of rotatable bonds is 21. The van der Waals surface area contributed by atoms with E-state index in [1.807, 2.05) is 12.2 Å². The molecule has 0 radical (unpaired) electrons. The van der Waals surface area contributed by atoms with E-state index in [9.17, 15) is 9.90 Å².